The molecule has 88 valence electrons. The zero-order valence-corrected chi connectivity index (χ0v) is 11.2. The van der Waals surface area contributed by atoms with Gasteiger partial charge in [-0.2, -0.15) is 0 Å². The molecule has 3 N–H and O–H groups in total. The van der Waals surface area contributed by atoms with E-state index >= 15 is 0 Å². The van der Waals surface area contributed by atoms with Crippen LogP contribution in [-0.4, -0.2) is 11.4 Å². The maximum Gasteiger partial charge on any atom is 0.243 e. The highest BCUT2D eigenvalue weighted by molar-refractivity contribution is 9.10. The number of nitrogens with two attached hydrogens (primary N) is 1. The van der Waals surface area contributed by atoms with Gasteiger partial charge in [0, 0.05) is 10.2 Å². The summed E-state index contributed by atoms with van der Waals surface area (Å²) < 4.78 is 0.975. The lowest BCUT2D eigenvalue weighted by atomic mass is 9.91. The van der Waals surface area contributed by atoms with Crippen molar-refractivity contribution in [2.24, 2.45) is 5.73 Å². The fourth-order valence-corrected chi connectivity index (χ4v) is 2.08. The van der Waals surface area contributed by atoms with Crippen molar-refractivity contribution in [2.45, 2.75) is 32.2 Å². The summed E-state index contributed by atoms with van der Waals surface area (Å²) in [4.78, 5) is 11.5. The van der Waals surface area contributed by atoms with Gasteiger partial charge in [-0.05, 0) is 31.0 Å². The summed E-state index contributed by atoms with van der Waals surface area (Å²) in [6.45, 7) is 3.92. The molecule has 1 amide bonds. The number of hydrogen-bond donors (Lipinski definition) is 2. The lowest BCUT2D eigenvalue weighted by Gasteiger charge is -2.30. The first kappa shape index (κ1) is 13.0. The standard InChI is InChI=1S/C12H17BrN2O/c1-3-12(4-2,11(14)16)15-10-7-5-6-9(13)8-10/h5-8,15H,3-4H2,1-2H3,(H2,14,16). The molecule has 0 atom stereocenters. The second kappa shape index (κ2) is 5.34. The highest BCUT2D eigenvalue weighted by Crippen LogP contribution is 2.24. The number of benzene rings is 1. The maximum atomic E-state index is 11.5. The van der Waals surface area contributed by atoms with Crippen molar-refractivity contribution in [1.29, 1.82) is 0 Å². The lowest BCUT2D eigenvalue weighted by molar-refractivity contribution is -0.122. The normalized spacial score (nSPS) is 11.2. The van der Waals surface area contributed by atoms with Gasteiger partial charge in [-0.1, -0.05) is 35.8 Å². The molecule has 0 aliphatic carbocycles. The van der Waals surface area contributed by atoms with E-state index in [1.165, 1.54) is 0 Å². The molecule has 0 aliphatic heterocycles. The van der Waals surface area contributed by atoms with Crippen molar-refractivity contribution in [3.05, 3.63) is 28.7 Å². The van der Waals surface area contributed by atoms with Crippen molar-refractivity contribution in [3.63, 3.8) is 0 Å². The average molecular weight is 285 g/mol. The van der Waals surface area contributed by atoms with Gasteiger partial charge in [-0.3, -0.25) is 4.79 Å². The first-order chi connectivity index (χ1) is 7.54. The first-order valence-corrected chi connectivity index (χ1v) is 6.17. The Morgan fingerprint density at radius 1 is 1.44 bits per heavy atom. The van der Waals surface area contributed by atoms with Crippen LogP contribution in [0, 0.1) is 0 Å². The first-order valence-electron chi connectivity index (χ1n) is 5.37. The fourth-order valence-electron chi connectivity index (χ4n) is 1.68. The minimum atomic E-state index is -0.652. The van der Waals surface area contributed by atoms with E-state index in [0.717, 1.165) is 10.2 Å². The highest BCUT2D eigenvalue weighted by Gasteiger charge is 2.32. The predicted molar refractivity (Wildman–Crippen MR) is 70.3 cm³/mol. The van der Waals surface area contributed by atoms with E-state index in [1.807, 2.05) is 38.1 Å². The molecule has 0 radical (unpaired) electrons. The van der Waals surface area contributed by atoms with Gasteiger partial charge in [-0.15, -0.1) is 0 Å². The summed E-state index contributed by atoms with van der Waals surface area (Å²) in [5, 5.41) is 3.23. The van der Waals surface area contributed by atoms with Crippen LogP contribution in [-0.2, 0) is 4.79 Å². The molecule has 1 aromatic rings. The molecule has 0 saturated carbocycles. The highest BCUT2D eigenvalue weighted by atomic mass is 79.9. The van der Waals surface area contributed by atoms with Crippen LogP contribution >= 0.6 is 15.9 Å². The fraction of sp³-hybridized carbons (Fsp3) is 0.417. The van der Waals surface area contributed by atoms with Gasteiger partial charge < -0.3 is 11.1 Å². The minimum Gasteiger partial charge on any atom is -0.371 e. The Bertz CT molecular complexity index is 375. The number of amides is 1. The number of hydrogen-bond acceptors (Lipinski definition) is 2. The Morgan fingerprint density at radius 2 is 2.06 bits per heavy atom. The average Bonchev–Trinajstić information content (AvgIpc) is 2.25. The van der Waals surface area contributed by atoms with Crippen molar-refractivity contribution < 1.29 is 4.79 Å². The van der Waals surface area contributed by atoms with E-state index in [0.29, 0.717) is 12.8 Å². The molecule has 0 fully saturated rings. The second-order valence-corrected chi connectivity index (χ2v) is 4.70. The Morgan fingerprint density at radius 3 is 2.50 bits per heavy atom. The van der Waals surface area contributed by atoms with E-state index in [4.69, 9.17) is 5.73 Å². The van der Waals surface area contributed by atoms with E-state index in [2.05, 4.69) is 21.2 Å². The monoisotopic (exact) mass is 284 g/mol. The van der Waals surface area contributed by atoms with Crippen LogP contribution in [0.1, 0.15) is 26.7 Å². The molecular formula is C12H17BrN2O. The van der Waals surface area contributed by atoms with Crippen molar-refractivity contribution in [1.82, 2.24) is 0 Å². The Hall–Kier alpha value is -1.03. The summed E-state index contributed by atoms with van der Waals surface area (Å²) in [5.74, 6) is -0.308. The molecule has 0 spiro atoms. The van der Waals surface area contributed by atoms with Crippen LogP contribution in [0.5, 0.6) is 0 Å². The van der Waals surface area contributed by atoms with Gasteiger partial charge in [0.2, 0.25) is 5.91 Å². The molecule has 0 saturated heterocycles. The van der Waals surface area contributed by atoms with Crippen LogP contribution in [0.15, 0.2) is 28.7 Å². The number of primary amides is 1. The van der Waals surface area contributed by atoms with Crippen LogP contribution < -0.4 is 11.1 Å². The molecule has 4 heteroatoms. The molecule has 1 rings (SSSR count). The third-order valence-electron chi connectivity index (χ3n) is 2.89. The van der Waals surface area contributed by atoms with Gasteiger partial charge in [0.15, 0.2) is 0 Å². The maximum absolute atomic E-state index is 11.5. The second-order valence-electron chi connectivity index (χ2n) is 3.79. The third-order valence-corrected chi connectivity index (χ3v) is 3.38. The van der Waals surface area contributed by atoms with E-state index in [1.54, 1.807) is 0 Å². The van der Waals surface area contributed by atoms with E-state index in [-0.39, 0.29) is 5.91 Å². The van der Waals surface area contributed by atoms with Crippen LogP contribution in [0.4, 0.5) is 5.69 Å². The zero-order valence-electron chi connectivity index (χ0n) is 9.59. The largest absolute Gasteiger partial charge is 0.371 e. The van der Waals surface area contributed by atoms with E-state index in [9.17, 15) is 4.79 Å². The molecule has 3 nitrogen and oxygen atoms in total. The SMILES string of the molecule is CCC(CC)(Nc1cccc(Br)c1)C(N)=O. The smallest absolute Gasteiger partial charge is 0.243 e. The molecule has 16 heavy (non-hydrogen) atoms. The van der Waals surface area contributed by atoms with Gasteiger partial charge in [0.05, 0.1) is 0 Å². The predicted octanol–water partition coefficient (Wildman–Crippen LogP) is 2.91. The van der Waals surface area contributed by atoms with Gasteiger partial charge in [0.1, 0.15) is 5.54 Å². The molecule has 0 aromatic heterocycles. The van der Waals surface area contributed by atoms with Gasteiger partial charge in [-0.25, -0.2) is 0 Å². The topological polar surface area (TPSA) is 55.1 Å². The number of carbonyl (C=O) groups is 1. The quantitative estimate of drug-likeness (QED) is 0.874. The van der Waals surface area contributed by atoms with Crippen LogP contribution in [0.2, 0.25) is 0 Å². The Kier molecular flexibility index (Phi) is 4.35. The lowest BCUT2D eigenvalue weighted by Crippen LogP contribution is -2.49. The molecule has 0 heterocycles. The van der Waals surface area contributed by atoms with E-state index < -0.39 is 5.54 Å². The van der Waals surface area contributed by atoms with Gasteiger partial charge in [0.25, 0.3) is 0 Å². The number of halogens is 1. The Labute approximate surface area is 105 Å². The minimum absolute atomic E-state index is 0.308. The summed E-state index contributed by atoms with van der Waals surface area (Å²) in [6.07, 6.45) is 1.34. The summed E-state index contributed by atoms with van der Waals surface area (Å²) in [6, 6.07) is 7.72. The summed E-state index contributed by atoms with van der Waals surface area (Å²) in [5.41, 5.74) is 5.71. The number of rotatable bonds is 5. The van der Waals surface area contributed by atoms with Gasteiger partial charge >= 0.3 is 0 Å². The third kappa shape index (κ3) is 2.76. The molecule has 0 bridgehead atoms. The zero-order chi connectivity index (χ0) is 12.2. The number of nitrogens with one attached hydrogen (secondary N) is 1. The molecular weight excluding hydrogens is 268 g/mol. The van der Waals surface area contributed by atoms with Crippen LogP contribution in [0.3, 0.4) is 0 Å². The van der Waals surface area contributed by atoms with Crippen LogP contribution in [0.25, 0.3) is 0 Å². The summed E-state index contributed by atoms with van der Waals surface area (Å²) in [7, 11) is 0. The Balaban J connectivity index is 2.96. The number of carbonyl (C=O) groups excluding carboxylic acids is 1. The van der Waals surface area contributed by atoms with Crippen molar-refractivity contribution in [3.8, 4) is 0 Å². The molecule has 0 aliphatic rings. The van der Waals surface area contributed by atoms with Crippen molar-refractivity contribution in [2.75, 3.05) is 5.32 Å². The summed E-state index contributed by atoms with van der Waals surface area (Å²) >= 11 is 3.39. The molecule has 0 unspecified atom stereocenters. The number of anilines is 1. The molecule has 1 aromatic carbocycles. The van der Waals surface area contributed by atoms with Crippen molar-refractivity contribution >= 4 is 27.5 Å².